The van der Waals surface area contributed by atoms with Crippen LogP contribution < -0.4 is 9.50 Å². The molecule has 1 aromatic heterocycles. The molecule has 3 aromatic carbocycles. The van der Waals surface area contributed by atoms with Gasteiger partial charge in [-0.3, -0.25) is 9.78 Å². The van der Waals surface area contributed by atoms with E-state index in [1.807, 2.05) is 30.3 Å². The normalized spacial score (nSPS) is 14.2. The summed E-state index contributed by atoms with van der Waals surface area (Å²) < 4.78 is 42.6. The molecular formula is C35H38N4O8S. The van der Waals surface area contributed by atoms with Crippen molar-refractivity contribution in [3.63, 3.8) is 0 Å². The Morgan fingerprint density at radius 2 is 1.54 bits per heavy atom. The van der Waals surface area contributed by atoms with Crippen LogP contribution in [0.4, 0.5) is 9.59 Å². The molecule has 1 N–H and O–H groups in total. The third-order valence-corrected chi connectivity index (χ3v) is 8.83. The first-order valence-electron chi connectivity index (χ1n) is 15.5. The molecule has 2 heterocycles. The lowest BCUT2D eigenvalue weighted by Crippen LogP contribution is -2.56. The van der Waals surface area contributed by atoms with Gasteiger partial charge in [-0.05, 0) is 56.2 Å². The molecule has 0 unspecified atom stereocenters. The zero-order chi connectivity index (χ0) is 34.3. The Kier molecular flexibility index (Phi) is 10.5. The first-order valence-corrected chi connectivity index (χ1v) is 16.9. The Hall–Kier alpha value is -5.17. The second-order valence-electron chi connectivity index (χ2n) is 12.3. The maximum Gasteiger partial charge on any atom is 0.410 e. The number of ether oxygens (including phenoxy) is 2. The van der Waals surface area contributed by atoms with E-state index in [4.69, 9.17) is 13.7 Å². The summed E-state index contributed by atoms with van der Waals surface area (Å²) in [6, 6.07) is 20.9. The van der Waals surface area contributed by atoms with E-state index in [1.165, 1.54) is 24.4 Å². The highest BCUT2D eigenvalue weighted by atomic mass is 32.2. The van der Waals surface area contributed by atoms with Gasteiger partial charge in [0.1, 0.15) is 28.9 Å². The fourth-order valence-corrected chi connectivity index (χ4v) is 6.32. The standard InChI is InChI=1S/C35H38N4O8S/c1-35(2,3)46-34(42)39-20-18-38(19-21-39)32(40)30(37-33(41)45-24-26-8-5-4-6-9-26)22-25-12-14-28(15-13-25)47-48(43,44)31-11-7-10-27-23-36-17-16-29(27)31/h4-17,23,30H,18-22,24H2,1-3H3,(H,37,41)/t30-/m0/s1. The molecule has 1 aliphatic heterocycles. The largest absolute Gasteiger partial charge is 0.445 e. The van der Waals surface area contributed by atoms with Crippen molar-refractivity contribution in [3.8, 4) is 5.75 Å². The molecule has 5 rings (SSSR count). The number of carbonyl (C=O) groups excluding carboxylic acids is 3. The van der Waals surface area contributed by atoms with Crippen LogP contribution in [0.15, 0.2) is 96.2 Å². The van der Waals surface area contributed by atoms with Crippen LogP contribution in [0.25, 0.3) is 10.8 Å². The van der Waals surface area contributed by atoms with Gasteiger partial charge in [0.2, 0.25) is 5.91 Å². The fraction of sp³-hybridized carbons (Fsp3) is 0.314. The van der Waals surface area contributed by atoms with Gasteiger partial charge in [-0.1, -0.05) is 54.6 Å². The minimum atomic E-state index is -4.17. The number of hydrogen-bond acceptors (Lipinski definition) is 9. The van der Waals surface area contributed by atoms with Crippen LogP contribution in [0.1, 0.15) is 31.9 Å². The smallest absolute Gasteiger partial charge is 0.410 e. The predicted molar refractivity (Wildman–Crippen MR) is 178 cm³/mol. The number of carbonyl (C=O) groups is 3. The maximum absolute atomic E-state index is 13.7. The molecule has 0 saturated carbocycles. The van der Waals surface area contributed by atoms with Crippen molar-refractivity contribution in [1.82, 2.24) is 20.1 Å². The minimum Gasteiger partial charge on any atom is -0.445 e. The molecule has 0 radical (unpaired) electrons. The van der Waals surface area contributed by atoms with E-state index in [9.17, 15) is 22.8 Å². The number of fused-ring (bicyclic) bond motifs is 1. The molecule has 1 saturated heterocycles. The highest BCUT2D eigenvalue weighted by molar-refractivity contribution is 7.87. The number of nitrogens with zero attached hydrogens (tertiary/aromatic N) is 3. The van der Waals surface area contributed by atoms with Gasteiger partial charge in [0.05, 0.1) is 0 Å². The summed E-state index contributed by atoms with van der Waals surface area (Å²) in [4.78, 5) is 46.3. The SMILES string of the molecule is CC(C)(C)OC(=O)N1CCN(C(=O)[C@H](Cc2ccc(OS(=O)(=O)c3cccc4cnccc34)cc2)NC(=O)OCc2ccccc2)CC1. The molecule has 1 fully saturated rings. The summed E-state index contributed by atoms with van der Waals surface area (Å²) in [5.41, 5.74) is 0.794. The van der Waals surface area contributed by atoms with E-state index >= 15 is 0 Å². The van der Waals surface area contributed by atoms with Gasteiger partial charge in [0.15, 0.2) is 0 Å². The zero-order valence-electron chi connectivity index (χ0n) is 27.0. The zero-order valence-corrected chi connectivity index (χ0v) is 27.8. The Morgan fingerprint density at radius 1 is 0.854 bits per heavy atom. The first-order chi connectivity index (χ1) is 22.9. The molecule has 1 atom stereocenters. The molecular weight excluding hydrogens is 636 g/mol. The second-order valence-corrected chi connectivity index (χ2v) is 13.8. The van der Waals surface area contributed by atoms with Crippen LogP contribution in [-0.4, -0.2) is 79.1 Å². The summed E-state index contributed by atoms with van der Waals surface area (Å²) in [6.45, 7) is 6.46. The van der Waals surface area contributed by atoms with Crippen LogP contribution in [-0.2, 0) is 37.4 Å². The predicted octanol–water partition coefficient (Wildman–Crippen LogP) is 4.92. The van der Waals surface area contributed by atoms with Gasteiger partial charge in [0, 0.05) is 55.8 Å². The van der Waals surface area contributed by atoms with Gasteiger partial charge in [0.25, 0.3) is 0 Å². The number of pyridine rings is 1. The lowest BCUT2D eigenvalue weighted by molar-refractivity contribution is -0.135. The molecule has 0 aliphatic carbocycles. The van der Waals surface area contributed by atoms with E-state index in [0.29, 0.717) is 16.3 Å². The van der Waals surface area contributed by atoms with E-state index in [2.05, 4.69) is 10.3 Å². The lowest BCUT2D eigenvalue weighted by Gasteiger charge is -2.37. The van der Waals surface area contributed by atoms with Crippen LogP contribution in [0.5, 0.6) is 5.75 Å². The molecule has 252 valence electrons. The van der Waals surface area contributed by atoms with Crippen LogP contribution in [0, 0.1) is 0 Å². The van der Waals surface area contributed by atoms with Crippen molar-refractivity contribution in [2.75, 3.05) is 26.2 Å². The summed E-state index contributed by atoms with van der Waals surface area (Å²) in [7, 11) is -4.17. The number of amides is 3. The van der Waals surface area contributed by atoms with Crippen LogP contribution in [0.3, 0.4) is 0 Å². The van der Waals surface area contributed by atoms with Gasteiger partial charge in [-0.2, -0.15) is 8.42 Å². The van der Waals surface area contributed by atoms with Crippen molar-refractivity contribution < 1.29 is 36.5 Å². The summed E-state index contributed by atoms with van der Waals surface area (Å²) >= 11 is 0. The third kappa shape index (κ3) is 9.00. The highest BCUT2D eigenvalue weighted by Crippen LogP contribution is 2.26. The molecule has 0 bridgehead atoms. The summed E-state index contributed by atoms with van der Waals surface area (Å²) in [5.74, 6) is -0.259. The Labute approximate surface area is 279 Å². The van der Waals surface area contributed by atoms with Crippen molar-refractivity contribution >= 4 is 39.0 Å². The Balaban J connectivity index is 1.27. The van der Waals surface area contributed by atoms with Gasteiger partial charge < -0.3 is 28.8 Å². The number of nitrogens with one attached hydrogen (secondary N) is 1. The average molecular weight is 675 g/mol. The number of rotatable bonds is 9. The molecule has 1 aliphatic rings. The van der Waals surface area contributed by atoms with Gasteiger partial charge in [-0.25, -0.2) is 9.59 Å². The molecule has 0 spiro atoms. The van der Waals surface area contributed by atoms with Gasteiger partial charge in [-0.15, -0.1) is 0 Å². The number of hydrogen-bond donors (Lipinski definition) is 1. The Morgan fingerprint density at radius 3 is 2.23 bits per heavy atom. The second kappa shape index (κ2) is 14.7. The molecule has 12 nitrogen and oxygen atoms in total. The number of alkyl carbamates (subject to hydrolysis) is 1. The van der Waals surface area contributed by atoms with Crippen molar-refractivity contribution in [2.45, 2.75) is 50.3 Å². The Bertz CT molecular complexity index is 1850. The van der Waals surface area contributed by atoms with Crippen LogP contribution in [0.2, 0.25) is 0 Å². The van der Waals surface area contributed by atoms with Crippen molar-refractivity contribution in [2.24, 2.45) is 0 Å². The van der Waals surface area contributed by atoms with Crippen molar-refractivity contribution in [1.29, 1.82) is 0 Å². The van der Waals surface area contributed by atoms with E-state index in [1.54, 1.807) is 67.1 Å². The maximum atomic E-state index is 13.7. The first kappa shape index (κ1) is 34.2. The minimum absolute atomic E-state index is 0.0159. The molecule has 48 heavy (non-hydrogen) atoms. The molecule has 4 aromatic rings. The van der Waals surface area contributed by atoms with E-state index in [0.717, 1.165) is 5.56 Å². The van der Waals surface area contributed by atoms with Crippen molar-refractivity contribution in [3.05, 3.63) is 102 Å². The average Bonchev–Trinajstić information content (AvgIpc) is 3.07. The topological polar surface area (TPSA) is 144 Å². The molecule has 3 amide bonds. The number of piperazine rings is 1. The number of aromatic nitrogens is 1. The quantitative estimate of drug-likeness (QED) is 0.245. The molecule has 13 heteroatoms. The van der Waals surface area contributed by atoms with Gasteiger partial charge >= 0.3 is 22.3 Å². The summed E-state index contributed by atoms with van der Waals surface area (Å²) in [6.07, 6.45) is 1.97. The monoisotopic (exact) mass is 674 g/mol. The fourth-order valence-electron chi connectivity index (χ4n) is 5.16. The van der Waals surface area contributed by atoms with Crippen LogP contribution >= 0.6 is 0 Å². The number of benzene rings is 3. The third-order valence-electron chi connectivity index (χ3n) is 7.53. The summed E-state index contributed by atoms with van der Waals surface area (Å²) in [5, 5.41) is 3.85. The lowest BCUT2D eigenvalue weighted by atomic mass is 10.0. The highest BCUT2D eigenvalue weighted by Gasteiger charge is 2.32. The van der Waals surface area contributed by atoms with E-state index < -0.39 is 33.9 Å². The van der Waals surface area contributed by atoms with E-state index in [-0.39, 0.29) is 55.8 Å².